The maximum atomic E-state index is 12.5. The number of ketones is 1. The Morgan fingerprint density at radius 1 is 1.21 bits per heavy atom. The molecule has 0 radical (unpaired) electrons. The Labute approximate surface area is 118 Å². The van der Waals surface area contributed by atoms with Crippen LogP contribution >= 0.6 is 11.6 Å². The first-order chi connectivity index (χ1) is 8.93. The van der Waals surface area contributed by atoms with E-state index in [2.05, 4.69) is 0 Å². The van der Waals surface area contributed by atoms with E-state index in [9.17, 15) is 13.2 Å². The van der Waals surface area contributed by atoms with Crippen molar-refractivity contribution < 1.29 is 13.2 Å². The van der Waals surface area contributed by atoms with Gasteiger partial charge in [0.25, 0.3) is 0 Å². The van der Waals surface area contributed by atoms with Gasteiger partial charge in [0, 0.05) is 25.9 Å². The Morgan fingerprint density at radius 3 is 2.37 bits per heavy atom. The molecular formula is C13H16ClNO3S. The maximum absolute atomic E-state index is 12.5. The van der Waals surface area contributed by atoms with Crippen molar-refractivity contribution in [2.45, 2.75) is 36.6 Å². The maximum Gasteiger partial charge on any atom is 0.244 e. The van der Waals surface area contributed by atoms with Crippen LogP contribution in [0.5, 0.6) is 0 Å². The van der Waals surface area contributed by atoms with Crippen molar-refractivity contribution in [3.63, 3.8) is 0 Å². The lowest BCUT2D eigenvalue weighted by Crippen LogP contribution is -2.39. The van der Waals surface area contributed by atoms with E-state index in [0.717, 1.165) is 0 Å². The predicted molar refractivity (Wildman–Crippen MR) is 73.7 cm³/mol. The zero-order valence-corrected chi connectivity index (χ0v) is 12.2. The largest absolute Gasteiger partial charge is 0.300 e. The second-order valence-electron chi connectivity index (χ2n) is 4.72. The van der Waals surface area contributed by atoms with Crippen molar-refractivity contribution in [3.8, 4) is 0 Å². The second kappa shape index (κ2) is 5.61. The molecule has 1 aromatic carbocycles. The van der Waals surface area contributed by atoms with Gasteiger partial charge in [0.05, 0.1) is 5.02 Å². The van der Waals surface area contributed by atoms with Crippen molar-refractivity contribution in [2.75, 3.05) is 7.05 Å². The number of sulfonamides is 1. The van der Waals surface area contributed by atoms with Crippen LogP contribution < -0.4 is 0 Å². The molecule has 0 amide bonds. The Balaban J connectivity index is 2.25. The van der Waals surface area contributed by atoms with Gasteiger partial charge in [-0.2, -0.15) is 4.31 Å². The fraction of sp³-hybridized carbons (Fsp3) is 0.462. The smallest absolute Gasteiger partial charge is 0.244 e. The van der Waals surface area contributed by atoms with Crippen LogP contribution in [-0.2, 0) is 14.8 Å². The minimum Gasteiger partial charge on any atom is -0.300 e. The molecular weight excluding hydrogens is 286 g/mol. The Bertz CT molecular complexity index is 575. The van der Waals surface area contributed by atoms with E-state index in [-0.39, 0.29) is 21.7 Å². The van der Waals surface area contributed by atoms with E-state index in [1.807, 2.05) is 0 Å². The number of rotatable bonds is 3. The van der Waals surface area contributed by atoms with E-state index < -0.39 is 10.0 Å². The second-order valence-corrected chi connectivity index (χ2v) is 7.09. The molecule has 0 bridgehead atoms. The fourth-order valence-electron chi connectivity index (χ4n) is 2.29. The Kier molecular flexibility index (Phi) is 4.28. The SMILES string of the molecule is CN(C1CCC(=O)CC1)S(=O)(=O)c1ccccc1Cl. The molecule has 4 nitrogen and oxygen atoms in total. The van der Waals surface area contributed by atoms with Crippen molar-refractivity contribution in [3.05, 3.63) is 29.3 Å². The third-order valence-electron chi connectivity index (χ3n) is 3.52. The van der Waals surface area contributed by atoms with E-state index in [0.29, 0.717) is 25.7 Å². The summed E-state index contributed by atoms with van der Waals surface area (Å²) in [6.07, 6.45) is 2.07. The molecule has 0 saturated heterocycles. The van der Waals surface area contributed by atoms with Gasteiger partial charge in [-0.3, -0.25) is 4.79 Å². The highest BCUT2D eigenvalue weighted by molar-refractivity contribution is 7.89. The van der Waals surface area contributed by atoms with E-state index in [1.54, 1.807) is 25.2 Å². The number of hydrogen-bond acceptors (Lipinski definition) is 3. The third kappa shape index (κ3) is 2.99. The highest BCUT2D eigenvalue weighted by Crippen LogP contribution is 2.28. The van der Waals surface area contributed by atoms with Crippen LogP contribution in [-0.4, -0.2) is 31.6 Å². The molecule has 104 valence electrons. The molecule has 0 aromatic heterocycles. The third-order valence-corrected chi connectivity index (χ3v) is 5.93. The first-order valence-electron chi connectivity index (χ1n) is 6.17. The van der Waals surface area contributed by atoms with E-state index in [1.165, 1.54) is 10.4 Å². The molecule has 0 spiro atoms. The lowest BCUT2D eigenvalue weighted by atomic mass is 9.95. The number of hydrogen-bond donors (Lipinski definition) is 0. The standard InChI is InChI=1S/C13H16ClNO3S/c1-15(10-6-8-11(16)9-7-10)19(17,18)13-5-3-2-4-12(13)14/h2-5,10H,6-9H2,1H3. The quantitative estimate of drug-likeness (QED) is 0.862. The van der Waals surface area contributed by atoms with Gasteiger partial charge < -0.3 is 0 Å². The number of Topliss-reactive ketones (excluding diaryl/α,β-unsaturated/α-hetero) is 1. The lowest BCUT2D eigenvalue weighted by Gasteiger charge is -2.30. The topological polar surface area (TPSA) is 54.5 Å². The summed E-state index contributed by atoms with van der Waals surface area (Å²) in [4.78, 5) is 11.3. The van der Waals surface area contributed by atoms with Crippen LogP contribution in [0, 0.1) is 0 Å². The highest BCUT2D eigenvalue weighted by Gasteiger charge is 2.31. The monoisotopic (exact) mass is 301 g/mol. The molecule has 0 N–H and O–H groups in total. The van der Waals surface area contributed by atoms with Gasteiger partial charge in [-0.15, -0.1) is 0 Å². The molecule has 1 fully saturated rings. The van der Waals surface area contributed by atoms with E-state index >= 15 is 0 Å². The van der Waals surface area contributed by atoms with Crippen molar-refractivity contribution in [1.82, 2.24) is 4.31 Å². The Morgan fingerprint density at radius 2 is 1.79 bits per heavy atom. The summed E-state index contributed by atoms with van der Waals surface area (Å²) in [5.74, 6) is 0.208. The molecule has 19 heavy (non-hydrogen) atoms. The summed E-state index contributed by atoms with van der Waals surface area (Å²) < 4.78 is 26.3. The molecule has 1 aliphatic rings. The van der Waals surface area contributed by atoms with Crippen LogP contribution in [0.25, 0.3) is 0 Å². The summed E-state index contributed by atoms with van der Waals surface area (Å²) in [6, 6.07) is 6.28. The number of halogens is 1. The molecule has 0 aliphatic heterocycles. The van der Waals surface area contributed by atoms with Gasteiger partial charge in [-0.25, -0.2) is 8.42 Å². The first kappa shape index (κ1) is 14.5. The van der Waals surface area contributed by atoms with Crippen LogP contribution in [0.1, 0.15) is 25.7 Å². The zero-order valence-electron chi connectivity index (χ0n) is 10.7. The zero-order chi connectivity index (χ0) is 14.0. The van der Waals surface area contributed by atoms with Crippen LogP contribution in [0.4, 0.5) is 0 Å². The molecule has 1 aromatic rings. The average Bonchev–Trinajstić information content (AvgIpc) is 2.39. The summed E-state index contributed by atoms with van der Waals surface area (Å²) in [6.45, 7) is 0. The van der Waals surface area contributed by atoms with Crippen molar-refractivity contribution in [2.24, 2.45) is 0 Å². The molecule has 1 saturated carbocycles. The number of carbonyl (C=O) groups is 1. The van der Waals surface area contributed by atoms with Gasteiger partial charge in [0.1, 0.15) is 10.7 Å². The van der Waals surface area contributed by atoms with Gasteiger partial charge in [0.15, 0.2) is 0 Å². The van der Waals surface area contributed by atoms with Crippen LogP contribution in [0.2, 0.25) is 5.02 Å². The molecule has 0 heterocycles. The summed E-state index contributed by atoms with van der Waals surface area (Å²) in [7, 11) is -2.04. The van der Waals surface area contributed by atoms with Gasteiger partial charge in [-0.1, -0.05) is 23.7 Å². The predicted octanol–water partition coefficient (Wildman–Crippen LogP) is 2.47. The summed E-state index contributed by atoms with van der Waals surface area (Å²) >= 11 is 5.95. The van der Waals surface area contributed by atoms with Gasteiger partial charge in [-0.05, 0) is 25.0 Å². The van der Waals surface area contributed by atoms with E-state index in [4.69, 9.17) is 11.6 Å². The molecule has 0 unspecified atom stereocenters. The van der Waals surface area contributed by atoms with Crippen LogP contribution in [0.15, 0.2) is 29.2 Å². The molecule has 1 aliphatic carbocycles. The lowest BCUT2D eigenvalue weighted by molar-refractivity contribution is -0.120. The fourth-order valence-corrected chi connectivity index (χ4v) is 4.20. The first-order valence-corrected chi connectivity index (χ1v) is 7.99. The van der Waals surface area contributed by atoms with Gasteiger partial charge in [0.2, 0.25) is 10.0 Å². The number of benzene rings is 1. The minimum atomic E-state index is -3.60. The molecule has 6 heteroatoms. The number of nitrogens with zero attached hydrogens (tertiary/aromatic N) is 1. The Hall–Kier alpha value is -0.910. The molecule has 0 atom stereocenters. The van der Waals surface area contributed by atoms with Crippen molar-refractivity contribution in [1.29, 1.82) is 0 Å². The van der Waals surface area contributed by atoms with Crippen LogP contribution in [0.3, 0.4) is 0 Å². The highest BCUT2D eigenvalue weighted by atomic mass is 35.5. The van der Waals surface area contributed by atoms with Gasteiger partial charge >= 0.3 is 0 Å². The summed E-state index contributed by atoms with van der Waals surface area (Å²) in [5, 5.41) is 0.223. The average molecular weight is 302 g/mol. The summed E-state index contributed by atoms with van der Waals surface area (Å²) in [5.41, 5.74) is 0. The normalized spacial score (nSPS) is 17.9. The van der Waals surface area contributed by atoms with Crippen molar-refractivity contribution >= 4 is 27.4 Å². The molecule has 2 rings (SSSR count). The minimum absolute atomic E-state index is 0.121. The number of carbonyl (C=O) groups excluding carboxylic acids is 1.